The first-order chi connectivity index (χ1) is 5.97. The van der Waals surface area contributed by atoms with Crippen molar-refractivity contribution in [3.8, 4) is 0 Å². The highest BCUT2D eigenvalue weighted by Gasteiger charge is 2.12. The fourth-order valence-corrected chi connectivity index (χ4v) is 1.35. The monoisotopic (exact) mass is 202 g/mol. The fraction of sp³-hybridized carbons (Fsp3) is 0.900. The molecule has 0 aliphatic rings. The van der Waals surface area contributed by atoms with Gasteiger partial charge in [-0.2, -0.15) is 0 Å². The maximum Gasteiger partial charge on any atom is 0.0870 e. The standard InChI is InChI=1S/C10H22N2S/c1-5-9(4)6-12(8(2)3)7-10(11)13/h8-9H,5-7H2,1-4H3,(H2,11,13). The molecule has 0 heterocycles. The SMILES string of the molecule is CCC(C)CN(CC(N)=S)C(C)C. The lowest BCUT2D eigenvalue weighted by molar-refractivity contribution is 0.217. The van der Waals surface area contributed by atoms with Crippen LogP contribution in [0.15, 0.2) is 0 Å². The zero-order chi connectivity index (χ0) is 10.4. The highest BCUT2D eigenvalue weighted by atomic mass is 32.1. The number of nitrogens with two attached hydrogens (primary N) is 1. The summed E-state index contributed by atoms with van der Waals surface area (Å²) in [5, 5.41) is 0. The van der Waals surface area contributed by atoms with Gasteiger partial charge < -0.3 is 5.73 Å². The molecule has 0 fully saturated rings. The molecule has 13 heavy (non-hydrogen) atoms. The lowest BCUT2D eigenvalue weighted by Gasteiger charge is -2.28. The minimum absolute atomic E-state index is 0.524. The first-order valence-corrected chi connectivity index (χ1v) is 5.40. The fourth-order valence-electron chi connectivity index (χ4n) is 1.19. The minimum Gasteiger partial charge on any atom is -0.392 e. The van der Waals surface area contributed by atoms with Gasteiger partial charge in [0.2, 0.25) is 0 Å². The van der Waals surface area contributed by atoms with Gasteiger partial charge in [0.05, 0.1) is 4.99 Å². The Morgan fingerprint density at radius 3 is 2.23 bits per heavy atom. The Bertz CT molecular complexity index is 157. The van der Waals surface area contributed by atoms with Crippen molar-refractivity contribution >= 4 is 17.2 Å². The van der Waals surface area contributed by atoms with Crippen molar-refractivity contribution in [2.24, 2.45) is 11.7 Å². The number of nitrogens with zero attached hydrogens (tertiary/aromatic N) is 1. The largest absolute Gasteiger partial charge is 0.392 e. The topological polar surface area (TPSA) is 29.3 Å². The van der Waals surface area contributed by atoms with Crippen LogP contribution < -0.4 is 5.73 Å². The van der Waals surface area contributed by atoms with E-state index in [1.54, 1.807) is 0 Å². The second-order valence-corrected chi connectivity index (χ2v) is 4.53. The summed E-state index contributed by atoms with van der Waals surface area (Å²) >= 11 is 4.92. The van der Waals surface area contributed by atoms with Gasteiger partial charge >= 0.3 is 0 Å². The maximum atomic E-state index is 5.54. The molecular formula is C10H22N2S. The van der Waals surface area contributed by atoms with E-state index in [0.29, 0.717) is 11.0 Å². The van der Waals surface area contributed by atoms with Crippen molar-refractivity contribution in [1.29, 1.82) is 0 Å². The normalized spacial score (nSPS) is 13.7. The van der Waals surface area contributed by atoms with E-state index in [1.807, 2.05) is 0 Å². The summed E-state index contributed by atoms with van der Waals surface area (Å²) in [7, 11) is 0. The van der Waals surface area contributed by atoms with Crippen LogP contribution in [0.2, 0.25) is 0 Å². The molecule has 3 heteroatoms. The molecule has 1 unspecified atom stereocenters. The van der Waals surface area contributed by atoms with Crippen LogP contribution in [0, 0.1) is 5.92 Å². The van der Waals surface area contributed by atoms with Gasteiger partial charge in [0.25, 0.3) is 0 Å². The Morgan fingerprint density at radius 1 is 1.38 bits per heavy atom. The Kier molecular flexibility index (Phi) is 6.25. The van der Waals surface area contributed by atoms with Gasteiger partial charge in [-0.15, -0.1) is 0 Å². The average Bonchev–Trinajstić information content (AvgIpc) is 2.02. The van der Waals surface area contributed by atoms with E-state index in [2.05, 4.69) is 32.6 Å². The van der Waals surface area contributed by atoms with Gasteiger partial charge in [0.15, 0.2) is 0 Å². The van der Waals surface area contributed by atoms with Crippen LogP contribution in [0.5, 0.6) is 0 Å². The molecule has 0 radical (unpaired) electrons. The molecule has 0 aliphatic heterocycles. The zero-order valence-corrected chi connectivity index (χ0v) is 10.0. The third kappa shape index (κ3) is 5.99. The molecule has 0 spiro atoms. The average molecular weight is 202 g/mol. The molecule has 0 rings (SSSR count). The highest BCUT2D eigenvalue weighted by Crippen LogP contribution is 2.07. The molecule has 0 aromatic carbocycles. The highest BCUT2D eigenvalue weighted by molar-refractivity contribution is 7.80. The third-order valence-corrected chi connectivity index (χ3v) is 2.46. The van der Waals surface area contributed by atoms with Crippen molar-refractivity contribution in [2.75, 3.05) is 13.1 Å². The van der Waals surface area contributed by atoms with Crippen LogP contribution in [-0.2, 0) is 0 Å². The van der Waals surface area contributed by atoms with Gasteiger partial charge in [-0.1, -0.05) is 32.5 Å². The lowest BCUT2D eigenvalue weighted by Crippen LogP contribution is -2.40. The van der Waals surface area contributed by atoms with E-state index in [4.69, 9.17) is 18.0 Å². The van der Waals surface area contributed by atoms with Crippen molar-refractivity contribution in [3.05, 3.63) is 0 Å². The van der Waals surface area contributed by atoms with Crippen LogP contribution in [0.3, 0.4) is 0 Å². The van der Waals surface area contributed by atoms with Crippen molar-refractivity contribution in [3.63, 3.8) is 0 Å². The van der Waals surface area contributed by atoms with E-state index in [1.165, 1.54) is 6.42 Å². The molecule has 0 saturated carbocycles. The summed E-state index contributed by atoms with van der Waals surface area (Å²) in [5.74, 6) is 0.719. The van der Waals surface area contributed by atoms with E-state index >= 15 is 0 Å². The van der Waals surface area contributed by atoms with Gasteiger partial charge in [-0.3, -0.25) is 4.90 Å². The predicted octanol–water partition coefficient (Wildman–Crippen LogP) is 2.03. The molecule has 0 aliphatic carbocycles. The zero-order valence-electron chi connectivity index (χ0n) is 9.21. The number of rotatable bonds is 6. The quantitative estimate of drug-likeness (QED) is 0.668. The minimum atomic E-state index is 0.524. The molecule has 0 aromatic rings. The lowest BCUT2D eigenvalue weighted by atomic mass is 10.1. The van der Waals surface area contributed by atoms with Crippen LogP contribution in [0.1, 0.15) is 34.1 Å². The summed E-state index contributed by atoms with van der Waals surface area (Å²) < 4.78 is 0. The molecule has 0 bridgehead atoms. The van der Waals surface area contributed by atoms with Crippen molar-refractivity contribution in [2.45, 2.75) is 40.2 Å². The van der Waals surface area contributed by atoms with E-state index in [-0.39, 0.29) is 0 Å². The smallest absolute Gasteiger partial charge is 0.0870 e. The van der Waals surface area contributed by atoms with E-state index in [9.17, 15) is 0 Å². The molecule has 78 valence electrons. The Balaban J connectivity index is 4.02. The van der Waals surface area contributed by atoms with Crippen LogP contribution in [-0.4, -0.2) is 29.0 Å². The van der Waals surface area contributed by atoms with Gasteiger partial charge in [-0.25, -0.2) is 0 Å². The summed E-state index contributed by atoms with van der Waals surface area (Å²) in [5.41, 5.74) is 5.54. The Morgan fingerprint density at radius 2 is 1.92 bits per heavy atom. The summed E-state index contributed by atoms with van der Waals surface area (Å²) in [6.45, 7) is 10.7. The van der Waals surface area contributed by atoms with Crippen LogP contribution >= 0.6 is 12.2 Å². The molecule has 2 N–H and O–H groups in total. The molecule has 0 aromatic heterocycles. The predicted molar refractivity (Wildman–Crippen MR) is 62.9 cm³/mol. The molecule has 0 saturated heterocycles. The number of hydrogen-bond acceptors (Lipinski definition) is 2. The molecule has 0 amide bonds. The van der Waals surface area contributed by atoms with Crippen LogP contribution in [0.4, 0.5) is 0 Å². The van der Waals surface area contributed by atoms with Gasteiger partial charge in [-0.05, 0) is 19.8 Å². The number of thiocarbonyl (C=S) groups is 1. The molecule has 1 atom stereocenters. The van der Waals surface area contributed by atoms with Gasteiger partial charge in [0, 0.05) is 19.1 Å². The Labute approximate surface area is 87.5 Å². The third-order valence-electron chi connectivity index (χ3n) is 2.33. The van der Waals surface area contributed by atoms with Crippen molar-refractivity contribution < 1.29 is 0 Å². The summed E-state index contributed by atoms with van der Waals surface area (Å²) in [6.07, 6.45) is 1.21. The molecule has 2 nitrogen and oxygen atoms in total. The first kappa shape index (κ1) is 12.8. The molecular weight excluding hydrogens is 180 g/mol. The van der Waals surface area contributed by atoms with E-state index < -0.39 is 0 Å². The van der Waals surface area contributed by atoms with Crippen molar-refractivity contribution in [1.82, 2.24) is 4.90 Å². The van der Waals surface area contributed by atoms with E-state index in [0.717, 1.165) is 19.0 Å². The second kappa shape index (κ2) is 6.33. The Hall–Kier alpha value is -0.150. The maximum absolute atomic E-state index is 5.54. The second-order valence-electron chi connectivity index (χ2n) is 4.00. The first-order valence-electron chi connectivity index (χ1n) is 4.99. The summed E-state index contributed by atoms with van der Waals surface area (Å²) in [4.78, 5) is 2.92. The summed E-state index contributed by atoms with van der Waals surface area (Å²) in [6, 6.07) is 0.524. The number of hydrogen-bond donors (Lipinski definition) is 1. The van der Waals surface area contributed by atoms with Crippen LogP contribution in [0.25, 0.3) is 0 Å². The van der Waals surface area contributed by atoms with Gasteiger partial charge in [0.1, 0.15) is 0 Å².